The first-order valence-electron chi connectivity index (χ1n) is 3.95. The average Bonchev–Trinajstić information content (AvgIpc) is 1.82. The van der Waals surface area contributed by atoms with Gasteiger partial charge in [-0.25, -0.2) is 4.79 Å². The second kappa shape index (κ2) is 3.76. The molecule has 0 aromatic rings. The van der Waals surface area contributed by atoms with E-state index in [0.29, 0.717) is 5.06 Å². The molecule has 1 N–H and O–H groups in total. The molecule has 0 aromatic carbocycles. The normalized spacial score (nSPS) is 11.6. The SMILES string of the molecule is CC(C)N(O)C(=O)OC(C)(C)C. The molecule has 0 radical (unpaired) electrons. The Balaban J connectivity index is 4.05. The Morgan fingerprint density at radius 1 is 1.42 bits per heavy atom. The maximum absolute atomic E-state index is 11.1. The molecule has 12 heavy (non-hydrogen) atoms. The van der Waals surface area contributed by atoms with Crippen molar-refractivity contribution >= 4 is 6.09 Å². The van der Waals surface area contributed by atoms with Gasteiger partial charge in [-0.2, -0.15) is 5.06 Å². The second-order valence-corrected chi connectivity index (χ2v) is 3.92. The van der Waals surface area contributed by atoms with E-state index < -0.39 is 11.7 Å². The lowest BCUT2D eigenvalue weighted by Crippen LogP contribution is -2.38. The van der Waals surface area contributed by atoms with E-state index in [4.69, 9.17) is 9.94 Å². The van der Waals surface area contributed by atoms with Gasteiger partial charge in [0.05, 0.1) is 6.04 Å². The first-order chi connectivity index (χ1) is 5.24. The largest absolute Gasteiger partial charge is 0.442 e. The van der Waals surface area contributed by atoms with Gasteiger partial charge < -0.3 is 4.74 Å². The molecule has 72 valence electrons. The van der Waals surface area contributed by atoms with Crippen molar-refractivity contribution in [1.82, 2.24) is 5.06 Å². The number of nitrogens with zero attached hydrogens (tertiary/aromatic N) is 1. The lowest BCUT2D eigenvalue weighted by atomic mass is 10.2. The summed E-state index contributed by atoms with van der Waals surface area (Å²) in [4.78, 5) is 11.1. The van der Waals surface area contributed by atoms with Crippen LogP contribution in [-0.4, -0.2) is 28.0 Å². The molecule has 0 spiro atoms. The number of carbonyl (C=O) groups excluding carboxylic acids is 1. The molecule has 0 unspecified atom stereocenters. The van der Waals surface area contributed by atoms with Crippen molar-refractivity contribution < 1.29 is 14.7 Å². The molecule has 1 amide bonds. The van der Waals surface area contributed by atoms with Gasteiger partial charge in [-0.3, -0.25) is 5.21 Å². The van der Waals surface area contributed by atoms with Crippen molar-refractivity contribution in [3.63, 3.8) is 0 Å². The average molecular weight is 175 g/mol. The molecule has 0 saturated carbocycles. The summed E-state index contributed by atoms with van der Waals surface area (Å²) in [5.41, 5.74) is -0.563. The Morgan fingerprint density at radius 3 is 2.08 bits per heavy atom. The summed E-state index contributed by atoms with van der Waals surface area (Å²) < 4.78 is 4.90. The summed E-state index contributed by atoms with van der Waals surface area (Å²) >= 11 is 0. The molecule has 0 saturated heterocycles. The first kappa shape index (κ1) is 11.2. The van der Waals surface area contributed by atoms with E-state index in [1.165, 1.54) is 0 Å². The highest BCUT2D eigenvalue weighted by Gasteiger charge is 2.22. The van der Waals surface area contributed by atoms with Crippen LogP contribution in [-0.2, 0) is 4.74 Å². The van der Waals surface area contributed by atoms with Crippen LogP contribution in [0.2, 0.25) is 0 Å². The molecule has 0 bridgehead atoms. The lowest BCUT2D eigenvalue weighted by Gasteiger charge is -2.25. The van der Waals surface area contributed by atoms with Gasteiger partial charge in [-0.1, -0.05) is 0 Å². The van der Waals surface area contributed by atoms with Crippen molar-refractivity contribution in [3.8, 4) is 0 Å². The van der Waals surface area contributed by atoms with E-state index in [1.54, 1.807) is 34.6 Å². The third-order valence-corrected chi connectivity index (χ3v) is 1.07. The van der Waals surface area contributed by atoms with Gasteiger partial charge in [0.15, 0.2) is 0 Å². The minimum absolute atomic E-state index is 0.264. The van der Waals surface area contributed by atoms with Crippen LogP contribution in [0.5, 0.6) is 0 Å². The maximum Gasteiger partial charge on any atom is 0.434 e. The number of amides is 1. The van der Waals surface area contributed by atoms with Crippen LogP contribution in [0, 0.1) is 0 Å². The van der Waals surface area contributed by atoms with Crippen molar-refractivity contribution in [2.24, 2.45) is 0 Å². The molecule has 0 fully saturated rings. The summed E-state index contributed by atoms with van der Waals surface area (Å²) in [6, 6.07) is -0.264. The second-order valence-electron chi connectivity index (χ2n) is 3.92. The molecule has 4 nitrogen and oxygen atoms in total. The lowest BCUT2D eigenvalue weighted by molar-refractivity contribution is -0.112. The molecule has 0 aromatic heterocycles. The fourth-order valence-corrected chi connectivity index (χ4v) is 0.520. The standard InChI is InChI=1S/C8H17NO3/c1-6(2)9(11)7(10)12-8(3,4)5/h6,11H,1-5H3. The number of hydrogen-bond donors (Lipinski definition) is 1. The van der Waals surface area contributed by atoms with E-state index in [-0.39, 0.29) is 6.04 Å². The zero-order valence-electron chi connectivity index (χ0n) is 8.29. The van der Waals surface area contributed by atoms with Gasteiger partial charge in [-0.05, 0) is 34.6 Å². The topological polar surface area (TPSA) is 49.8 Å². The number of hydrogen-bond acceptors (Lipinski definition) is 3. The van der Waals surface area contributed by atoms with Crippen LogP contribution < -0.4 is 0 Å². The summed E-state index contributed by atoms with van der Waals surface area (Å²) in [5.74, 6) is 0. The van der Waals surface area contributed by atoms with Crippen LogP contribution in [0.15, 0.2) is 0 Å². The molecule has 0 heterocycles. The van der Waals surface area contributed by atoms with Crippen molar-refractivity contribution in [3.05, 3.63) is 0 Å². The van der Waals surface area contributed by atoms with Crippen molar-refractivity contribution in [1.29, 1.82) is 0 Å². The highest BCUT2D eigenvalue weighted by Crippen LogP contribution is 2.09. The zero-order chi connectivity index (χ0) is 9.94. The van der Waals surface area contributed by atoms with Gasteiger partial charge in [-0.15, -0.1) is 0 Å². The monoisotopic (exact) mass is 175 g/mol. The van der Waals surface area contributed by atoms with E-state index in [2.05, 4.69) is 0 Å². The fraction of sp³-hybridized carbons (Fsp3) is 0.875. The van der Waals surface area contributed by atoms with E-state index in [9.17, 15) is 4.79 Å². The zero-order valence-corrected chi connectivity index (χ0v) is 8.29. The predicted molar refractivity (Wildman–Crippen MR) is 45.0 cm³/mol. The third kappa shape index (κ3) is 4.18. The molecule has 0 atom stereocenters. The Bertz CT molecular complexity index is 160. The van der Waals surface area contributed by atoms with Gasteiger partial charge >= 0.3 is 6.09 Å². The molecule has 0 aliphatic rings. The number of rotatable bonds is 1. The quantitative estimate of drug-likeness (QED) is 0.490. The first-order valence-corrected chi connectivity index (χ1v) is 3.95. The molecule has 0 aliphatic carbocycles. The van der Waals surface area contributed by atoms with Gasteiger partial charge in [0.2, 0.25) is 0 Å². The van der Waals surface area contributed by atoms with Crippen molar-refractivity contribution in [2.45, 2.75) is 46.3 Å². The van der Waals surface area contributed by atoms with Gasteiger partial charge in [0, 0.05) is 0 Å². The summed E-state index contributed by atoms with van der Waals surface area (Å²) in [5, 5.41) is 9.69. The van der Waals surface area contributed by atoms with Crippen LogP contribution in [0.25, 0.3) is 0 Å². The Labute approximate surface area is 73.1 Å². The minimum atomic E-state index is -0.711. The highest BCUT2D eigenvalue weighted by atomic mass is 16.6. The maximum atomic E-state index is 11.1. The molecule has 0 rings (SSSR count). The minimum Gasteiger partial charge on any atom is -0.442 e. The Hall–Kier alpha value is -0.770. The Kier molecular flexibility index (Phi) is 3.52. The summed E-state index contributed by atoms with van der Waals surface area (Å²) in [6.07, 6.45) is -0.711. The summed E-state index contributed by atoms with van der Waals surface area (Å²) in [6.45, 7) is 8.64. The van der Waals surface area contributed by atoms with Gasteiger partial charge in [0.25, 0.3) is 0 Å². The molecular weight excluding hydrogens is 158 g/mol. The van der Waals surface area contributed by atoms with E-state index in [1.807, 2.05) is 0 Å². The fourth-order valence-electron chi connectivity index (χ4n) is 0.520. The van der Waals surface area contributed by atoms with Crippen LogP contribution in [0.4, 0.5) is 4.79 Å². The molecule has 4 heteroatoms. The molecular formula is C8H17NO3. The van der Waals surface area contributed by atoms with E-state index >= 15 is 0 Å². The van der Waals surface area contributed by atoms with E-state index in [0.717, 1.165) is 0 Å². The summed E-state index contributed by atoms with van der Waals surface area (Å²) in [7, 11) is 0. The van der Waals surface area contributed by atoms with Crippen molar-refractivity contribution in [2.75, 3.05) is 0 Å². The van der Waals surface area contributed by atoms with Crippen LogP contribution in [0.3, 0.4) is 0 Å². The number of hydroxylamine groups is 2. The third-order valence-electron chi connectivity index (χ3n) is 1.07. The van der Waals surface area contributed by atoms with Crippen LogP contribution >= 0.6 is 0 Å². The number of carbonyl (C=O) groups is 1. The predicted octanol–water partition coefficient (Wildman–Crippen LogP) is 2.02. The molecule has 0 aliphatic heterocycles. The number of ether oxygens (including phenoxy) is 1. The van der Waals surface area contributed by atoms with Gasteiger partial charge in [0.1, 0.15) is 5.60 Å². The Morgan fingerprint density at radius 2 is 1.83 bits per heavy atom. The highest BCUT2D eigenvalue weighted by molar-refractivity contribution is 5.66. The smallest absolute Gasteiger partial charge is 0.434 e. The van der Waals surface area contributed by atoms with Crippen LogP contribution in [0.1, 0.15) is 34.6 Å².